The van der Waals surface area contributed by atoms with Crippen molar-refractivity contribution >= 4 is 5.91 Å². The zero-order valence-corrected chi connectivity index (χ0v) is 13.1. The van der Waals surface area contributed by atoms with E-state index < -0.39 is 0 Å². The molecule has 3 nitrogen and oxygen atoms in total. The van der Waals surface area contributed by atoms with Crippen LogP contribution in [0.2, 0.25) is 0 Å². The highest BCUT2D eigenvalue weighted by molar-refractivity contribution is 5.82. The molecule has 0 heterocycles. The van der Waals surface area contributed by atoms with E-state index in [0.29, 0.717) is 0 Å². The predicted molar refractivity (Wildman–Crippen MR) is 78.6 cm³/mol. The molecule has 4 unspecified atom stereocenters. The monoisotopic (exact) mass is 266 g/mol. The standard InChI is InChI=1S/C16H30N2O/c1-6-10(2)12(17)13(19)18-14-15(3,4)11-7-8-16(14,5)9-11/h10-12,14H,6-9,17H2,1-5H3,(H,18,19)/t10?,11?,12-,14?,16?/m0/s1. The molecule has 5 atom stereocenters. The highest BCUT2D eigenvalue weighted by Crippen LogP contribution is 2.62. The molecule has 2 rings (SSSR count). The number of carbonyl (C=O) groups is 1. The Bertz CT molecular complexity index is 361. The fourth-order valence-electron chi connectivity index (χ4n) is 4.41. The van der Waals surface area contributed by atoms with Crippen molar-refractivity contribution in [2.45, 2.75) is 72.4 Å². The summed E-state index contributed by atoms with van der Waals surface area (Å²) in [5.41, 5.74) is 6.55. The van der Waals surface area contributed by atoms with Gasteiger partial charge in [0.15, 0.2) is 0 Å². The topological polar surface area (TPSA) is 55.1 Å². The molecule has 0 aliphatic heterocycles. The predicted octanol–water partition coefficient (Wildman–Crippen LogP) is 2.69. The molecule has 0 aromatic carbocycles. The van der Waals surface area contributed by atoms with Gasteiger partial charge in [0.2, 0.25) is 5.91 Å². The normalized spacial score (nSPS) is 39.1. The van der Waals surface area contributed by atoms with E-state index in [1.807, 2.05) is 0 Å². The van der Waals surface area contributed by atoms with E-state index in [2.05, 4.69) is 39.9 Å². The van der Waals surface area contributed by atoms with E-state index in [9.17, 15) is 4.79 Å². The van der Waals surface area contributed by atoms with E-state index in [4.69, 9.17) is 5.73 Å². The summed E-state index contributed by atoms with van der Waals surface area (Å²) in [6.45, 7) is 11.1. The Morgan fingerprint density at radius 1 is 1.42 bits per heavy atom. The van der Waals surface area contributed by atoms with Crippen LogP contribution in [0.4, 0.5) is 0 Å². The molecule has 0 radical (unpaired) electrons. The molecule has 0 aromatic rings. The molecular weight excluding hydrogens is 236 g/mol. The molecule has 2 aliphatic rings. The summed E-state index contributed by atoms with van der Waals surface area (Å²) in [7, 11) is 0. The van der Waals surface area contributed by atoms with E-state index in [1.165, 1.54) is 19.3 Å². The van der Waals surface area contributed by atoms with Crippen molar-refractivity contribution in [3.8, 4) is 0 Å². The summed E-state index contributed by atoms with van der Waals surface area (Å²) >= 11 is 0. The van der Waals surface area contributed by atoms with Crippen LogP contribution < -0.4 is 11.1 Å². The zero-order chi connectivity index (χ0) is 14.4. The maximum absolute atomic E-state index is 12.4. The summed E-state index contributed by atoms with van der Waals surface area (Å²) in [6.07, 6.45) is 4.75. The molecule has 2 bridgehead atoms. The molecule has 2 saturated carbocycles. The van der Waals surface area contributed by atoms with Crippen LogP contribution >= 0.6 is 0 Å². The number of hydrogen-bond acceptors (Lipinski definition) is 2. The number of amides is 1. The Hall–Kier alpha value is -0.570. The van der Waals surface area contributed by atoms with Gasteiger partial charge >= 0.3 is 0 Å². The first-order valence-corrected chi connectivity index (χ1v) is 7.78. The fourth-order valence-corrected chi connectivity index (χ4v) is 4.41. The van der Waals surface area contributed by atoms with Crippen molar-refractivity contribution in [2.75, 3.05) is 0 Å². The first-order chi connectivity index (χ1) is 8.72. The number of nitrogens with two attached hydrogens (primary N) is 1. The SMILES string of the molecule is CCC(C)[C@H](N)C(=O)NC1C2(C)CCC(C2)C1(C)C. The quantitative estimate of drug-likeness (QED) is 0.822. The Morgan fingerprint density at radius 2 is 2.05 bits per heavy atom. The van der Waals surface area contributed by atoms with Gasteiger partial charge in [-0.2, -0.15) is 0 Å². The minimum atomic E-state index is -0.372. The lowest BCUT2D eigenvalue weighted by molar-refractivity contribution is -0.126. The van der Waals surface area contributed by atoms with Gasteiger partial charge in [0.1, 0.15) is 0 Å². The van der Waals surface area contributed by atoms with Crippen LogP contribution in [0, 0.1) is 22.7 Å². The van der Waals surface area contributed by atoms with Gasteiger partial charge in [0, 0.05) is 6.04 Å². The largest absolute Gasteiger partial charge is 0.351 e. The van der Waals surface area contributed by atoms with Crippen LogP contribution in [0.25, 0.3) is 0 Å². The fraction of sp³-hybridized carbons (Fsp3) is 0.938. The second-order valence-corrected chi connectivity index (χ2v) is 7.77. The second kappa shape index (κ2) is 4.76. The highest BCUT2D eigenvalue weighted by Gasteiger charge is 2.59. The van der Waals surface area contributed by atoms with Crippen LogP contribution in [0.3, 0.4) is 0 Å². The highest BCUT2D eigenvalue weighted by atomic mass is 16.2. The summed E-state index contributed by atoms with van der Waals surface area (Å²) in [4.78, 5) is 12.4. The van der Waals surface area contributed by atoms with Gasteiger partial charge in [0.25, 0.3) is 0 Å². The zero-order valence-electron chi connectivity index (χ0n) is 13.1. The Morgan fingerprint density at radius 3 is 2.53 bits per heavy atom. The van der Waals surface area contributed by atoms with Gasteiger partial charge in [-0.1, -0.05) is 41.0 Å². The average molecular weight is 266 g/mol. The van der Waals surface area contributed by atoms with Gasteiger partial charge in [-0.05, 0) is 41.9 Å². The number of carbonyl (C=O) groups excluding carboxylic acids is 1. The van der Waals surface area contributed by atoms with Crippen molar-refractivity contribution in [1.82, 2.24) is 5.32 Å². The molecule has 2 aliphatic carbocycles. The minimum Gasteiger partial charge on any atom is -0.351 e. The summed E-state index contributed by atoms with van der Waals surface area (Å²) in [5, 5.41) is 3.29. The maximum atomic E-state index is 12.4. The Balaban J connectivity index is 2.08. The summed E-state index contributed by atoms with van der Waals surface area (Å²) in [6, 6.07) is -0.0927. The molecule has 1 amide bonds. The molecule has 0 aromatic heterocycles. The third kappa shape index (κ3) is 2.31. The Kier molecular flexibility index (Phi) is 3.72. The lowest BCUT2D eigenvalue weighted by Gasteiger charge is -2.43. The van der Waals surface area contributed by atoms with E-state index in [0.717, 1.165) is 12.3 Å². The van der Waals surface area contributed by atoms with Crippen molar-refractivity contribution in [2.24, 2.45) is 28.4 Å². The number of fused-ring (bicyclic) bond motifs is 2. The third-order valence-electron chi connectivity index (χ3n) is 6.12. The molecule has 19 heavy (non-hydrogen) atoms. The van der Waals surface area contributed by atoms with Gasteiger partial charge < -0.3 is 11.1 Å². The first kappa shape index (κ1) is 14.8. The maximum Gasteiger partial charge on any atom is 0.237 e. The molecule has 2 fully saturated rings. The van der Waals surface area contributed by atoms with Gasteiger partial charge in [-0.25, -0.2) is 0 Å². The van der Waals surface area contributed by atoms with E-state index in [1.54, 1.807) is 0 Å². The van der Waals surface area contributed by atoms with Gasteiger partial charge in [0.05, 0.1) is 6.04 Å². The molecular formula is C16H30N2O. The van der Waals surface area contributed by atoms with Crippen LogP contribution in [0.1, 0.15) is 60.3 Å². The molecule has 110 valence electrons. The summed E-state index contributed by atoms with van der Waals surface area (Å²) in [5.74, 6) is 1.04. The Labute approximate surface area is 117 Å². The van der Waals surface area contributed by atoms with Crippen molar-refractivity contribution in [1.29, 1.82) is 0 Å². The van der Waals surface area contributed by atoms with Crippen LogP contribution in [0.15, 0.2) is 0 Å². The average Bonchev–Trinajstić information content (AvgIpc) is 2.83. The second-order valence-electron chi connectivity index (χ2n) is 7.77. The van der Waals surface area contributed by atoms with Crippen LogP contribution in [-0.4, -0.2) is 18.0 Å². The minimum absolute atomic E-state index is 0.0428. The molecule has 0 saturated heterocycles. The molecule has 3 N–H and O–H groups in total. The van der Waals surface area contributed by atoms with Crippen molar-refractivity contribution < 1.29 is 4.79 Å². The van der Waals surface area contributed by atoms with E-state index in [-0.39, 0.29) is 34.7 Å². The first-order valence-electron chi connectivity index (χ1n) is 7.78. The van der Waals surface area contributed by atoms with Gasteiger partial charge in [-0.3, -0.25) is 4.79 Å². The van der Waals surface area contributed by atoms with Gasteiger partial charge in [-0.15, -0.1) is 0 Å². The molecule has 0 spiro atoms. The van der Waals surface area contributed by atoms with Crippen LogP contribution in [-0.2, 0) is 4.79 Å². The lowest BCUT2D eigenvalue weighted by Crippen LogP contribution is -2.57. The van der Waals surface area contributed by atoms with E-state index >= 15 is 0 Å². The van der Waals surface area contributed by atoms with Crippen molar-refractivity contribution in [3.63, 3.8) is 0 Å². The molecule has 3 heteroatoms. The lowest BCUT2D eigenvalue weighted by atomic mass is 9.68. The number of rotatable bonds is 4. The van der Waals surface area contributed by atoms with Crippen molar-refractivity contribution in [3.05, 3.63) is 0 Å². The number of hydrogen-bond donors (Lipinski definition) is 2. The smallest absolute Gasteiger partial charge is 0.237 e. The number of nitrogens with one attached hydrogen (secondary N) is 1. The van der Waals surface area contributed by atoms with Crippen LogP contribution in [0.5, 0.6) is 0 Å². The summed E-state index contributed by atoms with van der Waals surface area (Å²) < 4.78 is 0. The third-order valence-corrected chi connectivity index (χ3v) is 6.12.